The van der Waals surface area contributed by atoms with E-state index in [9.17, 15) is 0 Å². The third kappa shape index (κ3) is 6.40. The average Bonchev–Trinajstić information content (AvgIpc) is 3.61. The molecule has 0 nitrogen and oxygen atoms in total. The third-order valence-corrected chi connectivity index (χ3v) is 9.81. The molecule has 8 aromatic rings. The number of benzene rings is 4. The molecular weight excluding hydrogens is 799 g/mol. The minimum absolute atomic E-state index is 0. The maximum absolute atomic E-state index is 3.53. The maximum atomic E-state index is 3.53. The average molecular weight is 821 g/mol. The number of thiophene rings is 2. The number of hydrogen-bond acceptors (Lipinski definition) is 2. The molecule has 0 amide bonds. The number of rotatable bonds is 0. The topological polar surface area (TPSA) is 0 Å². The quantitative estimate of drug-likeness (QED) is 0.127. The van der Waals surface area contributed by atoms with Crippen LogP contribution in [0.3, 0.4) is 0 Å². The maximum Gasteiger partial charge on any atom is -1.00 e. The zero-order valence-corrected chi connectivity index (χ0v) is 31.3. The molecule has 0 N–H and O–H groups in total. The van der Waals surface area contributed by atoms with E-state index in [1.807, 2.05) is 22.7 Å². The molecule has 0 saturated heterocycles. The van der Waals surface area contributed by atoms with Gasteiger partial charge in [-0.2, -0.15) is 22.7 Å². The summed E-state index contributed by atoms with van der Waals surface area (Å²) < 4.78 is 7.87. The molecule has 0 aliphatic rings. The number of hydrogen-bond donors (Lipinski definition) is 0. The fourth-order valence-corrected chi connectivity index (χ4v) is 8.06. The van der Waals surface area contributed by atoms with Crippen molar-refractivity contribution in [1.29, 1.82) is 0 Å². The van der Waals surface area contributed by atoms with E-state index in [4.69, 9.17) is 0 Å². The third-order valence-electron chi connectivity index (χ3n) is 6.38. The van der Waals surface area contributed by atoms with E-state index in [0.29, 0.717) is 0 Å². The summed E-state index contributed by atoms with van der Waals surface area (Å²) in [4.78, 5) is 0. The second kappa shape index (κ2) is 13.7. The normalized spacial score (nSPS) is 10.8. The predicted molar refractivity (Wildman–Crippen MR) is 178 cm³/mol. The summed E-state index contributed by atoms with van der Waals surface area (Å²) >= 11 is 12.6. The van der Waals surface area contributed by atoms with Gasteiger partial charge in [0.1, 0.15) is 0 Å². The fourth-order valence-electron chi connectivity index (χ4n) is 4.85. The number of fused-ring (bicyclic) bond motifs is 10. The van der Waals surface area contributed by atoms with Gasteiger partial charge in [0.25, 0.3) is 0 Å². The Morgan fingerprint density at radius 3 is 1.38 bits per heavy atom. The Morgan fingerprint density at radius 1 is 0.600 bits per heavy atom. The predicted octanol–water partition coefficient (Wildman–Crippen LogP) is 6.17. The Morgan fingerprint density at radius 2 is 0.975 bits per heavy atom. The molecule has 8 heteroatoms. The van der Waals surface area contributed by atoms with Crippen LogP contribution in [0.25, 0.3) is 61.9 Å². The van der Waals surface area contributed by atoms with Gasteiger partial charge < -0.3 is 24.8 Å². The summed E-state index contributed by atoms with van der Waals surface area (Å²) in [6, 6.07) is 34.9. The van der Waals surface area contributed by atoms with Gasteiger partial charge in [-0.15, -0.1) is 45.8 Å². The molecule has 0 fully saturated rings. The Kier molecular flexibility index (Phi) is 11.0. The van der Waals surface area contributed by atoms with Crippen molar-refractivity contribution in [2.24, 2.45) is 0 Å². The molecule has 0 aliphatic carbocycles. The van der Waals surface area contributed by atoms with Crippen molar-refractivity contribution in [2.45, 2.75) is 13.1 Å². The first-order valence-electron chi connectivity index (χ1n) is 12.2. The van der Waals surface area contributed by atoms with Crippen LogP contribution in [0.4, 0.5) is 0 Å². The number of halogens is 4. The van der Waals surface area contributed by atoms with Crippen molar-refractivity contribution >= 4 is 122 Å². The van der Waals surface area contributed by atoms with Crippen LogP contribution in [0, 0.1) is 0 Å². The van der Waals surface area contributed by atoms with Crippen LogP contribution >= 0.6 is 54.5 Å². The summed E-state index contributed by atoms with van der Waals surface area (Å²) in [6.45, 7) is 4.62. The van der Waals surface area contributed by atoms with Gasteiger partial charge in [-0.05, 0) is 18.3 Å². The van der Waals surface area contributed by atoms with Gasteiger partial charge in [-0.3, -0.25) is 0 Å². The van der Waals surface area contributed by atoms with Crippen molar-refractivity contribution < 1.29 is 48.1 Å². The molecular formula is C32H22Br2Cl2S2SiZr-2. The van der Waals surface area contributed by atoms with Crippen LogP contribution in [0.1, 0.15) is 0 Å². The van der Waals surface area contributed by atoms with Crippen LogP contribution in [-0.2, 0) is 23.3 Å². The second-order valence-electron chi connectivity index (χ2n) is 9.43. The van der Waals surface area contributed by atoms with Crippen LogP contribution in [0.2, 0.25) is 13.1 Å². The SMILES string of the molecule is Brc1ccc2c(c1)[cH-]c1c3ccccc3sc21.Brc1ccc2c(c1)[cH-]c1c3ccccc3sc21.C[Si](C)=[Zr+2].[Cl-].[Cl-]. The van der Waals surface area contributed by atoms with Crippen molar-refractivity contribution in [3.05, 3.63) is 106 Å². The first-order chi connectivity index (χ1) is 18.4. The molecule has 0 bridgehead atoms. The largest absolute Gasteiger partial charge is 1.00 e. The van der Waals surface area contributed by atoms with Gasteiger partial charge in [-0.25, -0.2) is 0 Å². The van der Waals surface area contributed by atoms with Crippen molar-refractivity contribution in [3.8, 4) is 0 Å². The van der Waals surface area contributed by atoms with E-state index in [1.165, 1.54) is 61.9 Å². The van der Waals surface area contributed by atoms with Gasteiger partial charge >= 0.3 is 41.9 Å². The van der Waals surface area contributed by atoms with Crippen molar-refractivity contribution in [2.75, 3.05) is 0 Å². The first kappa shape index (κ1) is 32.1. The van der Waals surface area contributed by atoms with Gasteiger partial charge in [0, 0.05) is 0 Å². The molecule has 2 aromatic heterocycles. The van der Waals surface area contributed by atoms with E-state index in [0.717, 1.165) is 8.95 Å². The van der Waals surface area contributed by atoms with Gasteiger partial charge in [0.2, 0.25) is 0 Å². The monoisotopic (exact) mass is 816 g/mol. The van der Waals surface area contributed by atoms with Gasteiger partial charge in [0.15, 0.2) is 0 Å². The van der Waals surface area contributed by atoms with Crippen LogP contribution in [0.15, 0.2) is 106 Å². The summed E-state index contributed by atoms with van der Waals surface area (Å²) in [5.41, 5.74) is 0.210. The van der Waals surface area contributed by atoms with Gasteiger partial charge in [-0.1, -0.05) is 136 Å². The van der Waals surface area contributed by atoms with E-state index in [2.05, 4.69) is 142 Å². The molecule has 2 heterocycles. The standard InChI is InChI=1S/2C15H8BrS.C2H6Si.2ClH.Zr/c2*16-10-5-6-11-9(7-10)8-13-12-3-1-2-4-14(12)17-15(11)13;1-3-2;;;/h2*1-8H;1-2H3;2*1H;/q2*-1;;;;+2/p-2. The zero-order chi connectivity index (χ0) is 26.4. The smallest absolute Gasteiger partial charge is 1.00 e. The summed E-state index contributed by atoms with van der Waals surface area (Å²) in [6.07, 6.45) is 0. The molecule has 0 saturated carbocycles. The molecule has 200 valence electrons. The van der Waals surface area contributed by atoms with Crippen LogP contribution < -0.4 is 24.8 Å². The van der Waals surface area contributed by atoms with E-state index in [1.54, 1.807) is 23.3 Å². The molecule has 6 aromatic carbocycles. The van der Waals surface area contributed by atoms with E-state index >= 15 is 0 Å². The molecule has 8 rings (SSSR count). The summed E-state index contributed by atoms with van der Waals surface area (Å²) in [5.74, 6) is 0. The van der Waals surface area contributed by atoms with Crippen LogP contribution in [0.5, 0.6) is 0 Å². The molecule has 40 heavy (non-hydrogen) atoms. The zero-order valence-electron chi connectivity index (χ0n) is 21.6. The van der Waals surface area contributed by atoms with Crippen molar-refractivity contribution in [3.63, 3.8) is 0 Å². The minimum atomic E-state index is 0. The summed E-state index contributed by atoms with van der Waals surface area (Å²) in [5, 5.41) is 10.9. The minimum Gasteiger partial charge on any atom is -1.00 e. The Bertz CT molecular complexity index is 1970. The Balaban J connectivity index is 0.000000157. The molecule has 0 spiro atoms. The fraction of sp³-hybridized carbons (Fsp3) is 0.0625. The van der Waals surface area contributed by atoms with E-state index < -0.39 is 0 Å². The van der Waals surface area contributed by atoms with Crippen molar-refractivity contribution in [1.82, 2.24) is 0 Å². The molecule has 0 radical (unpaired) electrons. The van der Waals surface area contributed by atoms with E-state index in [-0.39, 0.29) is 30.2 Å². The Hall–Kier alpha value is -0.820. The van der Waals surface area contributed by atoms with Gasteiger partial charge in [0.05, 0.1) is 0 Å². The molecule has 0 unspecified atom stereocenters. The second-order valence-corrected chi connectivity index (χ2v) is 22.7. The molecule has 0 atom stereocenters. The first-order valence-corrected chi connectivity index (χ1v) is 21.6. The van der Waals surface area contributed by atoms with Crippen LogP contribution in [-0.4, -0.2) is 5.43 Å². The molecule has 0 aliphatic heterocycles. The Labute approximate surface area is 285 Å². The summed E-state index contributed by atoms with van der Waals surface area (Å²) in [7, 11) is 0.